The Morgan fingerprint density at radius 1 is 1.03 bits per heavy atom. The maximum absolute atomic E-state index is 13.1. The van der Waals surface area contributed by atoms with Crippen LogP contribution in [0, 0.1) is 0 Å². The van der Waals surface area contributed by atoms with E-state index in [-0.39, 0.29) is 12.7 Å². The molecule has 2 heterocycles. The molecule has 2 aromatic carbocycles. The largest absolute Gasteiger partial charge is 0.496 e. The fourth-order valence-corrected chi connectivity index (χ4v) is 4.04. The lowest BCUT2D eigenvalue weighted by Crippen LogP contribution is -2.48. The summed E-state index contributed by atoms with van der Waals surface area (Å²) in [6.07, 6.45) is 2.12. The summed E-state index contributed by atoms with van der Waals surface area (Å²) in [5, 5.41) is 0. The minimum Gasteiger partial charge on any atom is -0.496 e. The number of carbonyl (C=O) groups excluding carboxylic acids is 1. The first-order valence-electron chi connectivity index (χ1n) is 11.3. The van der Waals surface area contributed by atoms with Crippen LogP contribution in [0.1, 0.15) is 41.3 Å². The molecule has 4 rings (SSSR count). The Bertz CT molecular complexity index is 925. The minimum atomic E-state index is 0.0604. The Morgan fingerprint density at radius 3 is 2.62 bits per heavy atom. The average molecular weight is 441 g/mol. The molecule has 0 bridgehead atoms. The van der Waals surface area contributed by atoms with Gasteiger partial charge in [0.05, 0.1) is 13.7 Å². The third-order valence-electron chi connectivity index (χ3n) is 5.93. The summed E-state index contributed by atoms with van der Waals surface area (Å²) in [5.41, 5.74) is 2.79. The van der Waals surface area contributed by atoms with Gasteiger partial charge in [-0.25, -0.2) is 0 Å². The van der Waals surface area contributed by atoms with E-state index in [9.17, 15) is 4.79 Å². The smallest absolute Gasteiger partial charge is 0.253 e. The van der Waals surface area contributed by atoms with Crippen LogP contribution in [-0.4, -0.2) is 62.4 Å². The summed E-state index contributed by atoms with van der Waals surface area (Å²) >= 11 is 0. The van der Waals surface area contributed by atoms with Gasteiger partial charge in [0, 0.05) is 50.5 Å². The van der Waals surface area contributed by atoms with E-state index < -0.39 is 0 Å². The quantitative estimate of drug-likeness (QED) is 0.554. The number of carbonyl (C=O) groups is 1. The lowest BCUT2D eigenvalue weighted by Gasteiger charge is -2.35. The molecule has 0 N–H and O–H groups in total. The lowest BCUT2D eigenvalue weighted by atomic mass is 10.1. The Balaban J connectivity index is 1.32. The van der Waals surface area contributed by atoms with Gasteiger partial charge in [-0.05, 0) is 42.3 Å². The van der Waals surface area contributed by atoms with Crippen molar-refractivity contribution in [3.8, 4) is 17.2 Å². The van der Waals surface area contributed by atoms with Crippen LogP contribution in [0.2, 0.25) is 0 Å². The molecule has 0 saturated carbocycles. The number of benzene rings is 2. The molecule has 0 radical (unpaired) electrons. The van der Waals surface area contributed by atoms with Gasteiger partial charge in [0.25, 0.3) is 5.91 Å². The SMILES string of the molecule is CCCCOCc1cc(C(=O)N2CCN(Cc3ccc4c(c3)OCO4)CC2)ccc1OC. The van der Waals surface area contributed by atoms with Crippen LogP contribution in [-0.2, 0) is 17.9 Å². The van der Waals surface area contributed by atoms with Gasteiger partial charge in [0.1, 0.15) is 5.75 Å². The molecule has 2 aliphatic rings. The second-order valence-electron chi connectivity index (χ2n) is 8.19. The van der Waals surface area contributed by atoms with Gasteiger partial charge in [0.2, 0.25) is 6.79 Å². The first-order chi connectivity index (χ1) is 15.7. The van der Waals surface area contributed by atoms with Crippen LogP contribution in [0.4, 0.5) is 0 Å². The highest BCUT2D eigenvalue weighted by atomic mass is 16.7. The van der Waals surface area contributed by atoms with E-state index in [4.69, 9.17) is 18.9 Å². The van der Waals surface area contributed by atoms with Gasteiger partial charge in [0.15, 0.2) is 11.5 Å². The number of rotatable bonds is 9. The van der Waals surface area contributed by atoms with Gasteiger partial charge in [-0.3, -0.25) is 9.69 Å². The van der Waals surface area contributed by atoms with Gasteiger partial charge in [-0.15, -0.1) is 0 Å². The maximum atomic E-state index is 13.1. The number of hydrogen-bond acceptors (Lipinski definition) is 6. The third kappa shape index (κ3) is 5.34. The second kappa shape index (κ2) is 10.7. The van der Waals surface area contributed by atoms with Crippen LogP contribution in [0.25, 0.3) is 0 Å². The van der Waals surface area contributed by atoms with Crippen molar-refractivity contribution in [2.75, 3.05) is 46.7 Å². The number of nitrogens with zero attached hydrogens (tertiary/aromatic N) is 2. The van der Waals surface area contributed by atoms with Crippen molar-refractivity contribution in [3.05, 3.63) is 53.1 Å². The number of unbranched alkanes of at least 4 members (excludes halogenated alkanes) is 1. The molecule has 172 valence electrons. The van der Waals surface area contributed by atoms with Crippen molar-refractivity contribution >= 4 is 5.91 Å². The second-order valence-corrected chi connectivity index (χ2v) is 8.19. The molecule has 1 saturated heterocycles. The Kier molecular flexibility index (Phi) is 7.50. The monoisotopic (exact) mass is 440 g/mol. The predicted octanol–water partition coefficient (Wildman–Crippen LogP) is 3.70. The van der Waals surface area contributed by atoms with Crippen molar-refractivity contribution < 1.29 is 23.7 Å². The number of ether oxygens (including phenoxy) is 4. The van der Waals surface area contributed by atoms with E-state index in [1.165, 1.54) is 5.56 Å². The topological polar surface area (TPSA) is 60.5 Å². The number of piperazine rings is 1. The molecule has 1 fully saturated rings. The molecule has 0 unspecified atom stereocenters. The zero-order chi connectivity index (χ0) is 22.3. The zero-order valence-corrected chi connectivity index (χ0v) is 19.0. The number of amides is 1. The molecule has 0 atom stereocenters. The van der Waals surface area contributed by atoms with Crippen molar-refractivity contribution in [2.45, 2.75) is 32.9 Å². The fraction of sp³-hybridized carbons (Fsp3) is 0.480. The number of fused-ring (bicyclic) bond motifs is 1. The van der Waals surface area contributed by atoms with E-state index in [1.807, 2.05) is 35.2 Å². The van der Waals surface area contributed by atoms with Crippen molar-refractivity contribution in [1.82, 2.24) is 9.80 Å². The van der Waals surface area contributed by atoms with E-state index in [0.29, 0.717) is 31.9 Å². The van der Waals surface area contributed by atoms with Crippen LogP contribution < -0.4 is 14.2 Å². The molecular weight excluding hydrogens is 408 g/mol. The molecule has 2 aliphatic heterocycles. The number of hydrogen-bond donors (Lipinski definition) is 0. The van der Waals surface area contributed by atoms with E-state index in [2.05, 4.69) is 17.9 Å². The summed E-state index contributed by atoms with van der Waals surface area (Å²) in [6, 6.07) is 11.7. The maximum Gasteiger partial charge on any atom is 0.253 e. The van der Waals surface area contributed by atoms with Crippen molar-refractivity contribution in [2.24, 2.45) is 0 Å². The highest BCUT2D eigenvalue weighted by Gasteiger charge is 2.23. The average Bonchev–Trinajstić information content (AvgIpc) is 3.30. The number of methoxy groups -OCH3 is 1. The van der Waals surface area contributed by atoms with E-state index in [1.54, 1.807) is 7.11 Å². The van der Waals surface area contributed by atoms with E-state index in [0.717, 1.165) is 55.3 Å². The lowest BCUT2D eigenvalue weighted by molar-refractivity contribution is 0.0628. The molecule has 7 heteroatoms. The molecule has 2 aromatic rings. The summed E-state index contributed by atoms with van der Waals surface area (Å²) in [7, 11) is 1.64. The van der Waals surface area contributed by atoms with Crippen molar-refractivity contribution in [3.63, 3.8) is 0 Å². The molecule has 32 heavy (non-hydrogen) atoms. The standard InChI is InChI=1S/C25H32N2O5/c1-3-4-13-30-17-21-15-20(6-8-22(21)29-2)25(28)27-11-9-26(10-12-27)16-19-5-7-23-24(14-19)32-18-31-23/h5-8,14-15H,3-4,9-13,16-18H2,1-2H3. The molecule has 0 spiro atoms. The normalized spacial score (nSPS) is 15.8. The fourth-order valence-electron chi connectivity index (χ4n) is 4.04. The van der Waals surface area contributed by atoms with Crippen molar-refractivity contribution in [1.29, 1.82) is 0 Å². The van der Waals surface area contributed by atoms with Crippen LogP contribution in [0.5, 0.6) is 17.2 Å². The molecule has 0 aliphatic carbocycles. The Morgan fingerprint density at radius 2 is 1.84 bits per heavy atom. The highest BCUT2D eigenvalue weighted by Crippen LogP contribution is 2.33. The van der Waals surface area contributed by atoms with Gasteiger partial charge in [-0.1, -0.05) is 19.4 Å². The summed E-state index contributed by atoms with van der Waals surface area (Å²) in [4.78, 5) is 17.4. The highest BCUT2D eigenvalue weighted by molar-refractivity contribution is 5.94. The van der Waals surface area contributed by atoms with E-state index >= 15 is 0 Å². The van der Waals surface area contributed by atoms with Crippen LogP contribution in [0.3, 0.4) is 0 Å². The summed E-state index contributed by atoms with van der Waals surface area (Å²) < 4.78 is 22.1. The van der Waals surface area contributed by atoms with Crippen LogP contribution in [0.15, 0.2) is 36.4 Å². The molecule has 1 amide bonds. The third-order valence-corrected chi connectivity index (χ3v) is 5.93. The summed E-state index contributed by atoms with van der Waals surface area (Å²) in [6.45, 7) is 7.51. The Hall–Kier alpha value is -2.77. The summed E-state index contributed by atoms with van der Waals surface area (Å²) in [5.74, 6) is 2.43. The minimum absolute atomic E-state index is 0.0604. The Labute approximate surface area is 189 Å². The van der Waals surface area contributed by atoms with Crippen LogP contribution >= 0.6 is 0 Å². The molecule has 0 aromatic heterocycles. The first kappa shape index (κ1) is 22.4. The predicted molar refractivity (Wildman–Crippen MR) is 121 cm³/mol. The van der Waals surface area contributed by atoms with Gasteiger partial charge in [-0.2, -0.15) is 0 Å². The zero-order valence-electron chi connectivity index (χ0n) is 19.0. The molecule has 7 nitrogen and oxygen atoms in total. The molecular formula is C25H32N2O5. The van der Waals surface area contributed by atoms with Gasteiger partial charge < -0.3 is 23.8 Å². The first-order valence-corrected chi connectivity index (χ1v) is 11.3. The van der Waals surface area contributed by atoms with Gasteiger partial charge >= 0.3 is 0 Å².